The van der Waals surface area contributed by atoms with Gasteiger partial charge in [-0.2, -0.15) is 0 Å². The number of aromatic amines is 1. The highest BCUT2D eigenvalue weighted by atomic mass is 16.7. The lowest BCUT2D eigenvalue weighted by molar-refractivity contribution is -0.122. The Bertz CT molecular complexity index is 576. The summed E-state index contributed by atoms with van der Waals surface area (Å²) < 4.78 is 10.1. The maximum absolute atomic E-state index is 11.8. The van der Waals surface area contributed by atoms with Crippen molar-refractivity contribution in [2.75, 3.05) is 20.8 Å². The second kappa shape index (κ2) is 7.81. The zero-order valence-electron chi connectivity index (χ0n) is 12.5. The van der Waals surface area contributed by atoms with Crippen LogP contribution in [0.25, 0.3) is 10.9 Å². The molecule has 1 amide bonds. The molecule has 0 radical (unpaired) electrons. The van der Waals surface area contributed by atoms with Gasteiger partial charge in [-0.05, 0) is 18.1 Å². The Morgan fingerprint density at radius 1 is 1.29 bits per heavy atom. The summed E-state index contributed by atoms with van der Waals surface area (Å²) in [6, 6.07) is 8.11. The van der Waals surface area contributed by atoms with Crippen molar-refractivity contribution in [1.82, 2.24) is 10.3 Å². The SMILES string of the molecule is COC(CCNC(=O)CCc1c[nH]c2ccccc12)OC. The number of hydrogen-bond donors (Lipinski definition) is 2. The van der Waals surface area contributed by atoms with Gasteiger partial charge in [0.15, 0.2) is 6.29 Å². The number of nitrogens with one attached hydrogen (secondary N) is 2. The van der Waals surface area contributed by atoms with Gasteiger partial charge in [0.2, 0.25) is 5.91 Å². The van der Waals surface area contributed by atoms with Gasteiger partial charge < -0.3 is 19.8 Å². The Morgan fingerprint density at radius 3 is 2.81 bits per heavy atom. The smallest absolute Gasteiger partial charge is 0.220 e. The van der Waals surface area contributed by atoms with Gasteiger partial charge in [0.25, 0.3) is 0 Å². The van der Waals surface area contributed by atoms with E-state index in [4.69, 9.17) is 9.47 Å². The van der Waals surface area contributed by atoms with Crippen LogP contribution in [0.15, 0.2) is 30.5 Å². The highest BCUT2D eigenvalue weighted by molar-refractivity contribution is 5.84. The van der Waals surface area contributed by atoms with E-state index >= 15 is 0 Å². The van der Waals surface area contributed by atoms with Gasteiger partial charge in [-0.25, -0.2) is 0 Å². The van der Waals surface area contributed by atoms with E-state index in [0.29, 0.717) is 19.4 Å². The van der Waals surface area contributed by atoms with Crippen LogP contribution in [0.4, 0.5) is 0 Å². The van der Waals surface area contributed by atoms with Crippen LogP contribution < -0.4 is 5.32 Å². The number of fused-ring (bicyclic) bond motifs is 1. The summed E-state index contributed by atoms with van der Waals surface area (Å²) in [5.74, 6) is 0.0474. The summed E-state index contributed by atoms with van der Waals surface area (Å²) in [6.07, 6.45) is 3.56. The zero-order valence-corrected chi connectivity index (χ0v) is 12.5. The van der Waals surface area contributed by atoms with Gasteiger partial charge >= 0.3 is 0 Å². The largest absolute Gasteiger partial charge is 0.361 e. The Labute approximate surface area is 124 Å². The van der Waals surface area contributed by atoms with Crippen molar-refractivity contribution in [2.45, 2.75) is 25.6 Å². The van der Waals surface area contributed by atoms with Crippen LogP contribution in [0, 0.1) is 0 Å². The third-order valence-corrected chi connectivity index (χ3v) is 3.52. The Hall–Kier alpha value is -1.85. The van der Waals surface area contributed by atoms with Crippen molar-refractivity contribution in [3.05, 3.63) is 36.0 Å². The van der Waals surface area contributed by atoms with Crippen molar-refractivity contribution >= 4 is 16.8 Å². The van der Waals surface area contributed by atoms with Gasteiger partial charge in [0.05, 0.1) is 0 Å². The van der Waals surface area contributed by atoms with Gasteiger partial charge in [-0.1, -0.05) is 18.2 Å². The second-order valence-electron chi connectivity index (χ2n) is 4.90. The summed E-state index contributed by atoms with van der Waals surface area (Å²) in [7, 11) is 3.18. The van der Waals surface area contributed by atoms with Crippen molar-refractivity contribution in [2.24, 2.45) is 0 Å². The molecular weight excluding hydrogens is 268 g/mol. The molecule has 0 unspecified atom stereocenters. The van der Waals surface area contributed by atoms with Crippen LogP contribution in [0.1, 0.15) is 18.4 Å². The van der Waals surface area contributed by atoms with E-state index in [-0.39, 0.29) is 12.2 Å². The summed E-state index contributed by atoms with van der Waals surface area (Å²) in [6.45, 7) is 0.555. The molecule has 0 aliphatic rings. The molecule has 114 valence electrons. The minimum atomic E-state index is -0.265. The van der Waals surface area contributed by atoms with Crippen LogP contribution >= 0.6 is 0 Å². The monoisotopic (exact) mass is 290 g/mol. The molecule has 0 spiro atoms. The summed E-state index contributed by atoms with van der Waals surface area (Å²) >= 11 is 0. The fourth-order valence-electron chi connectivity index (χ4n) is 2.34. The second-order valence-corrected chi connectivity index (χ2v) is 4.90. The molecular formula is C16H22N2O3. The molecule has 0 atom stereocenters. The average molecular weight is 290 g/mol. The molecule has 5 heteroatoms. The molecule has 2 aromatic rings. The summed E-state index contributed by atoms with van der Waals surface area (Å²) in [5, 5.41) is 4.07. The van der Waals surface area contributed by atoms with Crippen LogP contribution in [0.2, 0.25) is 0 Å². The Balaban J connectivity index is 1.76. The molecule has 21 heavy (non-hydrogen) atoms. The third kappa shape index (κ3) is 4.31. The van der Waals surface area contributed by atoms with Gasteiger partial charge in [-0.3, -0.25) is 4.79 Å². The van der Waals surface area contributed by atoms with Crippen molar-refractivity contribution in [3.63, 3.8) is 0 Å². The highest BCUT2D eigenvalue weighted by Crippen LogP contribution is 2.18. The molecule has 0 aliphatic heterocycles. The van der Waals surface area contributed by atoms with E-state index in [2.05, 4.69) is 16.4 Å². The van der Waals surface area contributed by atoms with E-state index in [1.54, 1.807) is 14.2 Å². The standard InChI is InChI=1S/C16H22N2O3/c1-20-16(21-2)9-10-17-15(19)8-7-12-11-18-14-6-4-3-5-13(12)14/h3-6,11,16,18H,7-10H2,1-2H3,(H,17,19). The van der Waals surface area contributed by atoms with Crippen molar-refractivity contribution in [1.29, 1.82) is 0 Å². The molecule has 0 saturated heterocycles. The fourth-order valence-corrected chi connectivity index (χ4v) is 2.34. The van der Waals surface area contributed by atoms with Crippen LogP contribution in [-0.4, -0.2) is 37.9 Å². The maximum Gasteiger partial charge on any atom is 0.220 e. The van der Waals surface area contributed by atoms with E-state index < -0.39 is 0 Å². The summed E-state index contributed by atoms with van der Waals surface area (Å²) in [5.41, 5.74) is 2.28. The zero-order chi connectivity index (χ0) is 15.1. The number of aryl methyl sites for hydroxylation is 1. The van der Waals surface area contributed by atoms with E-state index in [1.165, 1.54) is 10.9 Å². The third-order valence-electron chi connectivity index (χ3n) is 3.52. The molecule has 2 N–H and O–H groups in total. The van der Waals surface area contributed by atoms with Crippen molar-refractivity contribution in [3.8, 4) is 0 Å². The molecule has 0 fully saturated rings. The van der Waals surface area contributed by atoms with E-state index in [9.17, 15) is 4.79 Å². The fraction of sp³-hybridized carbons (Fsp3) is 0.438. The van der Waals surface area contributed by atoms with Gasteiger partial charge in [0, 0.05) is 50.7 Å². The van der Waals surface area contributed by atoms with Crippen LogP contribution in [0.5, 0.6) is 0 Å². The number of rotatable bonds is 8. The minimum absolute atomic E-state index is 0.0474. The molecule has 1 aromatic carbocycles. The first kappa shape index (κ1) is 15.5. The Kier molecular flexibility index (Phi) is 5.78. The normalized spacial score (nSPS) is 11.2. The highest BCUT2D eigenvalue weighted by Gasteiger charge is 2.08. The molecule has 2 rings (SSSR count). The van der Waals surface area contributed by atoms with Crippen LogP contribution in [-0.2, 0) is 20.7 Å². The number of para-hydroxylation sites is 1. The van der Waals surface area contributed by atoms with Crippen LogP contribution in [0.3, 0.4) is 0 Å². The number of aromatic nitrogens is 1. The van der Waals surface area contributed by atoms with Gasteiger partial charge in [-0.15, -0.1) is 0 Å². The number of ether oxygens (including phenoxy) is 2. The first-order chi connectivity index (χ1) is 10.2. The first-order valence-electron chi connectivity index (χ1n) is 7.12. The molecule has 1 aromatic heterocycles. The number of carbonyl (C=O) groups excluding carboxylic acids is 1. The molecule has 1 heterocycles. The predicted molar refractivity (Wildman–Crippen MR) is 82.1 cm³/mol. The Morgan fingerprint density at radius 2 is 2.05 bits per heavy atom. The molecule has 0 saturated carbocycles. The van der Waals surface area contributed by atoms with Crippen molar-refractivity contribution < 1.29 is 14.3 Å². The van der Waals surface area contributed by atoms with E-state index in [0.717, 1.165) is 11.9 Å². The van der Waals surface area contributed by atoms with E-state index in [1.807, 2.05) is 24.4 Å². The predicted octanol–water partition coefficient (Wildman–Crippen LogP) is 2.23. The molecule has 0 aliphatic carbocycles. The number of carbonyl (C=O) groups is 1. The average Bonchev–Trinajstić information content (AvgIpc) is 2.93. The lowest BCUT2D eigenvalue weighted by Gasteiger charge is -2.13. The van der Waals surface area contributed by atoms with Gasteiger partial charge in [0.1, 0.15) is 0 Å². The molecule has 5 nitrogen and oxygen atoms in total. The number of amides is 1. The number of methoxy groups -OCH3 is 2. The summed E-state index contributed by atoms with van der Waals surface area (Å²) in [4.78, 5) is 15.0. The lowest BCUT2D eigenvalue weighted by atomic mass is 10.1. The molecule has 0 bridgehead atoms. The topological polar surface area (TPSA) is 63.3 Å². The minimum Gasteiger partial charge on any atom is -0.361 e. The lowest BCUT2D eigenvalue weighted by Crippen LogP contribution is -2.28. The quantitative estimate of drug-likeness (QED) is 0.733. The number of hydrogen-bond acceptors (Lipinski definition) is 3. The number of benzene rings is 1. The number of H-pyrrole nitrogens is 1. The first-order valence-corrected chi connectivity index (χ1v) is 7.12. The maximum atomic E-state index is 11.8.